The molecule has 2 aliphatic rings. The fourth-order valence-electron chi connectivity index (χ4n) is 4.65. The van der Waals surface area contributed by atoms with Crippen LogP contribution >= 0.6 is 11.6 Å². The van der Waals surface area contributed by atoms with Crippen LogP contribution in [-0.4, -0.2) is 47.8 Å². The van der Waals surface area contributed by atoms with Crippen LogP contribution in [0.2, 0.25) is 5.02 Å². The van der Waals surface area contributed by atoms with E-state index in [0.717, 1.165) is 36.4 Å². The molecule has 1 saturated heterocycles. The third-order valence-electron chi connectivity index (χ3n) is 5.97. The van der Waals surface area contributed by atoms with Crippen molar-refractivity contribution in [1.82, 2.24) is 9.88 Å². The Hall–Kier alpha value is -1.77. The van der Waals surface area contributed by atoms with Gasteiger partial charge in [0.1, 0.15) is 0 Å². The smallest absolute Gasteiger partial charge is 0.658 e. The average Bonchev–Trinajstić information content (AvgIpc) is 2.95. The number of nitrogens with zero attached hydrogens (tertiary/aromatic N) is 3. The number of piperidine rings is 1. The van der Waals surface area contributed by atoms with E-state index in [1.807, 2.05) is 25.3 Å². The van der Waals surface area contributed by atoms with Crippen LogP contribution in [0.5, 0.6) is 0 Å². The molecule has 35 heavy (non-hydrogen) atoms. The molecular weight excluding hydrogens is 453 g/mol. The number of aromatic nitrogens is 1. The summed E-state index contributed by atoms with van der Waals surface area (Å²) in [5.41, 5.74) is 7.46. The zero-order chi connectivity index (χ0) is 24.7. The average molecular weight is 490 g/mol. The zero-order valence-corrected chi connectivity index (χ0v) is 22.9. The standard InChI is InChI=1S/C22H23ClN2O2.C6H14N.Li/c1-2-27-22(26)25-12-9-15(10-13-25)20-19-8-7-18(23)14-17(19)6-5-16-4-3-11-24-21(16)20;1-5(2)7-6(3)4;/h3-4,7-8,11,14H,2,5-6,9-10,12-13H2,1H3;5-6H,1-4H3;/q;-1;+1. The molecule has 0 N–H and O–H groups in total. The van der Waals surface area contributed by atoms with Crippen LogP contribution < -0.4 is 18.9 Å². The van der Waals surface area contributed by atoms with Gasteiger partial charge in [-0.1, -0.05) is 57.0 Å². The van der Waals surface area contributed by atoms with Crippen molar-refractivity contribution >= 4 is 23.3 Å². The first kappa shape index (κ1) is 29.5. The second kappa shape index (κ2) is 14.1. The van der Waals surface area contributed by atoms with E-state index >= 15 is 0 Å². The van der Waals surface area contributed by atoms with E-state index in [2.05, 4.69) is 51.2 Å². The van der Waals surface area contributed by atoms with Crippen LogP contribution in [0.4, 0.5) is 4.79 Å². The van der Waals surface area contributed by atoms with Gasteiger partial charge in [0, 0.05) is 29.9 Å². The third kappa shape index (κ3) is 8.12. The van der Waals surface area contributed by atoms with Crippen molar-refractivity contribution in [2.45, 2.75) is 72.4 Å². The predicted octanol–water partition coefficient (Wildman–Crippen LogP) is 4.07. The summed E-state index contributed by atoms with van der Waals surface area (Å²) in [4.78, 5) is 18.6. The van der Waals surface area contributed by atoms with Crippen molar-refractivity contribution in [2.75, 3.05) is 19.7 Å². The van der Waals surface area contributed by atoms with Crippen LogP contribution in [0.25, 0.3) is 10.9 Å². The Morgan fingerprint density at radius 3 is 2.31 bits per heavy atom. The molecule has 4 rings (SSSR count). The summed E-state index contributed by atoms with van der Waals surface area (Å²) in [5, 5.41) is 5.05. The molecule has 0 bridgehead atoms. The Kier molecular flexibility index (Phi) is 11.9. The van der Waals surface area contributed by atoms with E-state index in [9.17, 15) is 4.79 Å². The number of pyridine rings is 1. The Balaban J connectivity index is 0.000000476. The van der Waals surface area contributed by atoms with E-state index in [1.165, 1.54) is 27.8 Å². The quantitative estimate of drug-likeness (QED) is 0.611. The largest absolute Gasteiger partial charge is 1.00 e. The number of aryl methyl sites for hydroxylation is 2. The van der Waals surface area contributed by atoms with Gasteiger partial charge in [-0.15, -0.1) is 12.1 Å². The van der Waals surface area contributed by atoms with Crippen molar-refractivity contribution in [2.24, 2.45) is 0 Å². The maximum absolute atomic E-state index is 12.0. The third-order valence-corrected chi connectivity index (χ3v) is 6.21. The number of benzene rings is 1. The summed E-state index contributed by atoms with van der Waals surface area (Å²) in [7, 11) is 0. The van der Waals surface area contributed by atoms with Crippen LogP contribution in [0.3, 0.4) is 0 Å². The number of fused-ring (bicyclic) bond motifs is 2. The summed E-state index contributed by atoms with van der Waals surface area (Å²) in [6.07, 6.45) is 5.25. The van der Waals surface area contributed by atoms with E-state index in [4.69, 9.17) is 21.3 Å². The van der Waals surface area contributed by atoms with E-state index < -0.39 is 0 Å². The van der Waals surface area contributed by atoms with Crippen molar-refractivity contribution in [3.8, 4) is 0 Å². The zero-order valence-electron chi connectivity index (χ0n) is 22.1. The molecule has 0 unspecified atom stereocenters. The minimum atomic E-state index is -0.215. The van der Waals surface area contributed by atoms with Crippen molar-refractivity contribution in [3.63, 3.8) is 0 Å². The topological polar surface area (TPSA) is 56.5 Å². The van der Waals surface area contributed by atoms with Gasteiger partial charge in [-0.25, -0.2) is 4.79 Å². The van der Waals surface area contributed by atoms with Gasteiger partial charge < -0.3 is 15.0 Å². The number of carbonyl (C=O) groups excluding carboxylic acids is 1. The van der Waals surface area contributed by atoms with E-state index in [-0.39, 0.29) is 25.0 Å². The maximum Gasteiger partial charge on any atom is 1.00 e. The fraction of sp³-hybridized carbons (Fsp3) is 0.500. The minimum absolute atomic E-state index is 0. The summed E-state index contributed by atoms with van der Waals surface area (Å²) in [6.45, 7) is 12.0. The molecule has 2 aromatic rings. The van der Waals surface area contributed by atoms with Crippen LogP contribution in [0.1, 0.15) is 69.8 Å². The van der Waals surface area contributed by atoms with E-state index in [0.29, 0.717) is 31.8 Å². The van der Waals surface area contributed by atoms with Gasteiger partial charge in [0.2, 0.25) is 0 Å². The maximum atomic E-state index is 12.0. The van der Waals surface area contributed by atoms with Gasteiger partial charge >= 0.3 is 25.0 Å². The number of carbonyl (C=O) groups is 1. The van der Waals surface area contributed by atoms with Gasteiger partial charge in [-0.3, -0.25) is 4.98 Å². The Morgan fingerprint density at radius 2 is 1.71 bits per heavy atom. The van der Waals surface area contributed by atoms with Gasteiger partial charge in [0.25, 0.3) is 0 Å². The van der Waals surface area contributed by atoms with Crippen LogP contribution in [0.15, 0.2) is 42.1 Å². The number of ether oxygens (including phenoxy) is 1. The summed E-state index contributed by atoms with van der Waals surface area (Å²) in [6, 6.07) is 11.3. The number of amides is 1. The first-order chi connectivity index (χ1) is 16.3. The van der Waals surface area contributed by atoms with Gasteiger partial charge in [-0.05, 0) is 67.5 Å². The first-order valence-electron chi connectivity index (χ1n) is 12.4. The number of hydrogen-bond acceptors (Lipinski definition) is 3. The number of halogens is 1. The molecule has 0 saturated carbocycles. The minimum Gasteiger partial charge on any atom is -0.658 e. The molecule has 1 aliphatic carbocycles. The molecule has 1 aromatic heterocycles. The van der Waals surface area contributed by atoms with Crippen LogP contribution in [-0.2, 0) is 17.6 Å². The molecule has 2 heterocycles. The van der Waals surface area contributed by atoms with Crippen LogP contribution in [0, 0.1) is 0 Å². The number of rotatable bonds is 3. The fourth-order valence-corrected chi connectivity index (χ4v) is 4.85. The van der Waals surface area contributed by atoms with E-state index in [1.54, 1.807) is 4.90 Å². The molecule has 1 aromatic carbocycles. The first-order valence-corrected chi connectivity index (χ1v) is 12.7. The number of likely N-dealkylation sites (tertiary alicyclic amines) is 1. The molecular formula is C28H37ClLiN3O2. The molecule has 0 spiro atoms. The SMILES string of the molecule is CC(C)[N-]C(C)C.CCOC(=O)N1CCC(=C2c3ccc(Cl)cc3CCc3cccnc32)CC1.[Li+]. The van der Waals surface area contributed by atoms with Gasteiger partial charge in [0.05, 0.1) is 12.3 Å². The van der Waals surface area contributed by atoms with Gasteiger partial charge in [-0.2, -0.15) is 0 Å². The van der Waals surface area contributed by atoms with Crippen molar-refractivity contribution in [1.29, 1.82) is 0 Å². The summed E-state index contributed by atoms with van der Waals surface area (Å²) in [5.74, 6) is 0. The summed E-state index contributed by atoms with van der Waals surface area (Å²) >= 11 is 6.27. The van der Waals surface area contributed by atoms with Crippen molar-refractivity contribution in [3.05, 3.63) is 74.8 Å². The molecule has 7 heteroatoms. The molecule has 0 radical (unpaired) electrons. The number of hydrogen-bond donors (Lipinski definition) is 0. The molecule has 1 aliphatic heterocycles. The second-order valence-corrected chi connectivity index (χ2v) is 9.75. The molecule has 5 nitrogen and oxygen atoms in total. The van der Waals surface area contributed by atoms with Crippen molar-refractivity contribution < 1.29 is 28.4 Å². The second-order valence-electron chi connectivity index (χ2n) is 9.31. The molecule has 0 atom stereocenters. The Morgan fingerprint density at radius 1 is 1.06 bits per heavy atom. The molecule has 1 amide bonds. The Labute approximate surface area is 227 Å². The molecule has 184 valence electrons. The predicted molar refractivity (Wildman–Crippen MR) is 141 cm³/mol. The monoisotopic (exact) mass is 489 g/mol. The Bertz CT molecular complexity index is 1010. The van der Waals surface area contributed by atoms with Gasteiger partial charge in [0.15, 0.2) is 0 Å². The summed E-state index contributed by atoms with van der Waals surface area (Å²) < 4.78 is 5.15. The normalized spacial score (nSPS) is 14.9. The molecule has 1 fully saturated rings.